The quantitative estimate of drug-likeness (QED) is 0.422. The Morgan fingerprint density at radius 2 is 1.86 bits per heavy atom. The van der Waals surface area contributed by atoms with Crippen LogP contribution in [-0.2, 0) is 23.0 Å². The molecule has 0 radical (unpaired) electrons. The summed E-state index contributed by atoms with van der Waals surface area (Å²) in [5.41, 5.74) is 2.72. The molecule has 9 heteroatoms. The second-order valence-electron chi connectivity index (χ2n) is 9.29. The summed E-state index contributed by atoms with van der Waals surface area (Å²) in [5, 5.41) is 1.20. The van der Waals surface area contributed by atoms with Crippen molar-refractivity contribution in [3.8, 4) is 5.75 Å². The Hall–Kier alpha value is -3.62. The van der Waals surface area contributed by atoms with Crippen molar-refractivity contribution in [3.05, 3.63) is 47.9 Å². The number of esters is 1. The minimum atomic E-state index is -0.441. The number of rotatable bonds is 9. The fourth-order valence-electron chi connectivity index (χ4n) is 4.91. The van der Waals surface area contributed by atoms with Gasteiger partial charge in [0.2, 0.25) is 11.9 Å². The number of carbonyl (C=O) groups excluding carboxylic acids is 2. The molecule has 0 bridgehead atoms. The van der Waals surface area contributed by atoms with Crippen LogP contribution in [-0.4, -0.2) is 71.7 Å². The van der Waals surface area contributed by atoms with Crippen molar-refractivity contribution in [2.45, 2.75) is 32.6 Å². The molecule has 0 spiro atoms. The Labute approximate surface area is 212 Å². The summed E-state index contributed by atoms with van der Waals surface area (Å²) in [7, 11) is 5.06. The number of hydrogen-bond donors (Lipinski definition) is 0. The number of hydrogen-bond acceptors (Lipinski definition) is 7. The van der Waals surface area contributed by atoms with E-state index in [1.165, 1.54) is 30.5 Å². The number of carbonyl (C=O) groups is 2. The Kier molecular flexibility index (Phi) is 8.07. The number of piperidine rings is 1. The van der Waals surface area contributed by atoms with E-state index in [4.69, 9.17) is 9.47 Å². The van der Waals surface area contributed by atoms with E-state index in [9.17, 15) is 9.59 Å². The van der Waals surface area contributed by atoms with Gasteiger partial charge >= 0.3 is 5.97 Å². The number of aryl methyl sites for hydroxylation is 1. The molecule has 1 aliphatic heterocycles. The molecule has 0 unspecified atom stereocenters. The molecule has 0 N–H and O–H groups in total. The molecule has 9 nitrogen and oxygen atoms in total. The highest BCUT2D eigenvalue weighted by Gasteiger charge is 2.25. The number of nitrogens with zero attached hydrogens (tertiary/aromatic N) is 5. The van der Waals surface area contributed by atoms with Crippen molar-refractivity contribution in [3.63, 3.8) is 0 Å². The van der Waals surface area contributed by atoms with E-state index in [1.54, 1.807) is 7.11 Å². The molecule has 3 heterocycles. The first kappa shape index (κ1) is 25.5. The van der Waals surface area contributed by atoms with Crippen molar-refractivity contribution < 1.29 is 19.1 Å². The minimum Gasteiger partial charge on any atom is -0.497 e. The Bertz CT molecular complexity index is 1200. The molecule has 1 saturated heterocycles. The topological polar surface area (TPSA) is 89.8 Å². The fourth-order valence-corrected chi connectivity index (χ4v) is 4.91. The number of methoxy groups -OCH3 is 2. The lowest BCUT2D eigenvalue weighted by atomic mass is 9.96. The van der Waals surface area contributed by atoms with Crippen LogP contribution >= 0.6 is 0 Å². The number of benzene rings is 1. The summed E-state index contributed by atoms with van der Waals surface area (Å²) in [5.74, 6) is 1.65. The first-order valence-corrected chi connectivity index (χ1v) is 12.5. The third kappa shape index (κ3) is 5.61. The maximum atomic E-state index is 12.8. The Balaban J connectivity index is 1.35. The zero-order valence-corrected chi connectivity index (χ0v) is 21.6. The third-order valence-corrected chi connectivity index (χ3v) is 7.02. The summed E-state index contributed by atoms with van der Waals surface area (Å²) in [6, 6.07) is 6.14. The smallest absolute Gasteiger partial charge is 0.341 e. The van der Waals surface area contributed by atoms with Gasteiger partial charge in [-0.05, 0) is 42.9 Å². The van der Waals surface area contributed by atoms with Gasteiger partial charge in [-0.2, -0.15) is 0 Å². The molecule has 0 saturated carbocycles. The number of fused-ring (bicyclic) bond motifs is 1. The highest BCUT2D eigenvalue weighted by molar-refractivity contribution is 5.88. The Morgan fingerprint density at radius 1 is 1.14 bits per heavy atom. The van der Waals surface area contributed by atoms with Crippen LogP contribution < -0.4 is 9.64 Å². The van der Waals surface area contributed by atoms with Crippen LogP contribution in [0, 0.1) is 5.92 Å². The molecule has 1 amide bonds. The first-order valence-electron chi connectivity index (χ1n) is 12.5. The summed E-state index contributed by atoms with van der Waals surface area (Å²) in [4.78, 5) is 37.2. The lowest BCUT2D eigenvalue weighted by Gasteiger charge is -2.35. The van der Waals surface area contributed by atoms with Gasteiger partial charge in [0.05, 0.1) is 25.3 Å². The van der Waals surface area contributed by atoms with Crippen molar-refractivity contribution in [2.75, 3.05) is 45.3 Å². The van der Waals surface area contributed by atoms with Crippen LogP contribution in [0.2, 0.25) is 0 Å². The molecule has 192 valence electrons. The molecular weight excluding hydrogens is 458 g/mol. The van der Waals surface area contributed by atoms with Gasteiger partial charge in [0.15, 0.2) is 0 Å². The predicted octanol–water partition coefficient (Wildman–Crippen LogP) is 3.46. The van der Waals surface area contributed by atoms with E-state index >= 15 is 0 Å². The minimum absolute atomic E-state index is 0.195. The highest BCUT2D eigenvalue weighted by Crippen LogP contribution is 2.26. The van der Waals surface area contributed by atoms with E-state index in [-0.39, 0.29) is 5.91 Å². The molecular formula is C27H35N5O4. The van der Waals surface area contributed by atoms with Gasteiger partial charge < -0.3 is 23.8 Å². The second-order valence-corrected chi connectivity index (χ2v) is 9.29. The van der Waals surface area contributed by atoms with E-state index in [2.05, 4.69) is 31.7 Å². The van der Waals surface area contributed by atoms with E-state index in [1.807, 2.05) is 31.0 Å². The van der Waals surface area contributed by atoms with Gasteiger partial charge in [-0.1, -0.05) is 6.92 Å². The Morgan fingerprint density at radius 3 is 2.50 bits per heavy atom. The first-order chi connectivity index (χ1) is 17.4. The van der Waals surface area contributed by atoms with Gasteiger partial charge in [-0.25, -0.2) is 14.8 Å². The molecule has 1 aliphatic rings. The molecule has 4 rings (SSSR count). The van der Waals surface area contributed by atoms with Crippen LogP contribution in [0.25, 0.3) is 10.9 Å². The third-order valence-electron chi connectivity index (χ3n) is 7.02. The van der Waals surface area contributed by atoms with Crippen molar-refractivity contribution >= 4 is 28.7 Å². The van der Waals surface area contributed by atoms with Gasteiger partial charge in [-0.3, -0.25) is 4.79 Å². The van der Waals surface area contributed by atoms with Crippen LogP contribution in [0.5, 0.6) is 5.75 Å². The lowest BCUT2D eigenvalue weighted by Crippen LogP contribution is -2.42. The van der Waals surface area contributed by atoms with Gasteiger partial charge in [0.25, 0.3) is 0 Å². The van der Waals surface area contributed by atoms with Gasteiger partial charge in [-0.15, -0.1) is 0 Å². The maximum Gasteiger partial charge on any atom is 0.341 e. The maximum absolute atomic E-state index is 12.8. The SMILES string of the molecule is CCC(=O)N(CCc1cn(C)c2cc(OC)ccc12)CC1CCN(c2ncc(C(=O)OC)cn2)CC1. The average Bonchev–Trinajstić information content (AvgIpc) is 3.24. The van der Waals surface area contributed by atoms with Crippen LogP contribution in [0.1, 0.15) is 42.1 Å². The number of aromatic nitrogens is 3. The average molecular weight is 494 g/mol. The standard InChI is InChI=1S/C27H35N5O4/c1-5-25(33)32(13-10-20-18-30(2)24-14-22(35-3)6-7-23(20)24)17-19-8-11-31(12-9-19)27-28-15-21(16-29-27)26(34)36-4/h6-7,14-16,18-19H,5,8-13,17H2,1-4H3. The molecule has 36 heavy (non-hydrogen) atoms. The van der Waals surface area contributed by atoms with Gasteiger partial charge in [0.1, 0.15) is 5.75 Å². The molecule has 0 atom stereocenters. The lowest BCUT2D eigenvalue weighted by molar-refractivity contribution is -0.131. The zero-order chi connectivity index (χ0) is 25.7. The fraction of sp³-hybridized carbons (Fsp3) is 0.481. The summed E-state index contributed by atoms with van der Waals surface area (Å²) >= 11 is 0. The molecule has 0 aliphatic carbocycles. The largest absolute Gasteiger partial charge is 0.497 e. The number of amides is 1. The summed E-state index contributed by atoms with van der Waals surface area (Å²) in [6.45, 7) is 5.04. The van der Waals surface area contributed by atoms with Crippen molar-refractivity contribution in [1.29, 1.82) is 0 Å². The van der Waals surface area contributed by atoms with Crippen LogP contribution in [0.15, 0.2) is 36.8 Å². The normalized spacial score (nSPS) is 14.2. The van der Waals surface area contributed by atoms with Gasteiger partial charge in [0, 0.05) is 69.7 Å². The molecule has 3 aromatic rings. The van der Waals surface area contributed by atoms with E-state index in [0.29, 0.717) is 30.4 Å². The number of anilines is 1. The summed E-state index contributed by atoms with van der Waals surface area (Å²) in [6.07, 6.45) is 8.41. The number of ether oxygens (including phenoxy) is 2. The van der Waals surface area contributed by atoms with Crippen LogP contribution in [0.3, 0.4) is 0 Å². The van der Waals surface area contributed by atoms with Crippen LogP contribution in [0.4, 0.5) is 5.95 Å². The monoisotopic (exact) mass is 493 g/mol. The molecule has 2 aromatic heterocycles. The van der Waals surface area contributed by atoms with E-state index < -0.39 is 5.97 Å². The van der Waals surface area contributed by atoms with E-state index in [0.717, 1.165) is 50.2 Å². The summed E-state index contributed by atoms with van der Waals surface area (Å²) < 4.78 is 12.2. The second kappa shape index (κ2) is 11.4. The molecule has 1 fully saturated rings. The zero-order valence-electron chi connectivity index (χ0n) is 21.6. The highest BCUT2D eigenvalue weighted by atomic mass is 16.5. The van der Waals surface area contributed by atoms with Crippen molar-refractivity contribution in [1.82, 2.24) is 19.4 Å². The predicted molar refractivity (Wildman–Crippen MR) is 138 cm³/mol. The van der Waals surface area contributed by atoms with Crippen molar-refractivity contribution in [2.24, 2.45) is 13.0 Å². The molecule has 1 aromatic carbocycles.